The van der Waals surface area contributed by atoms with E-state index < -0.39 is 18.3 Å². The summed E-state index contributed by atoms with van der Waals surface area (Å²) < 4.78 is 40.5. The fraction of sp³-hybridized carbons (Fsp3) is 0.421. The van der Waals surface area contributed by atoms with E-state index in [1.54, 1.807) is 18.6 Å². The molecule has 1 aliphatic rings. The van der Waals surface area contributed by atoms with Gasteiger partial charge in [-0.1, -0.05) is 0 Å². The number of halogens is 3. The lowest BCUT2D eigenvalue weighted by molar-refractivity contribution is 0.0226. The summed E-state index contributed by atoms with van der Waals surface area (Å²) in [6.45, 7) is 3.36. The van der Waals surface area contributed by atoms with Gasteiger partial charge in [0.05, 0.1) is 23.9 Å². The maximum Gasteiger partial charge on any atom is 0.354 e. The van der Waals surface area contributed by atoms with Gasteiger partial charge >= 0.3 is 5.97 Å². The Kier molecular flexibility index (Phi) is 5.10. The zero-order valence-electron chi connectivity index (χ0n) is 14.9. The molecule has 2 heterocycles. The van der Waals surface area contributed by atoms with Gasteiger partial charge in [-0.05, 0) is 65.5 Å². The van der Waals surface area contributed by atoms with Crippen molar-refractivity contribution in [2.24, 2.45) is 0 Å². The topological polar surface area (TPSA) is 40.5 Å². The molecule has 0 saturated heterocycles. The molecule has 0 unspecified atom stereocenters. The van der Waals surface area contributed by atoms with E-state index in [1.165, 1.54) is 6.07 Å². The summed E-state index contributed by atoms with van der Waals surface area (Å²) in [6.07, 6.45) is 0.236. The minimum Gasteiger partial charge on any atom is -0.496 e. The number of benzene rings is 1. The smallest absolute Gasteiger partial charge is 0.354 e. The Labute approximate surface area is 159 Å². The molecule has 0 saturated carbocycles. The monoisotopic (exact) mass is 427 g/mol. The Hall–Kier alpha value is -1.89. The molecule has 1 aromatic heterocycles. The Morgan fingerprint density at radius 1 is 1.35 bits per heavy atom. The van der Waals surface area contributed by atoms with E-state index in [1.807, 2.05) is 12.1 Å². The lowest BCUT2D eigenvalue weighted by Crippen LogP contribution is -2.19. The Balaban J connectivity index is 2.20. The number of hydrogen-bond acceptors (Lipinski definition) is 3. The highest BCUT2D eigenvalue weighted by Gasteiger charge is 2.31. The molecule has 0 amide bonds. The van der Waals surface area contributed by atoms with Crippen LogP contribution in [-0.2, 0) is 24.1 Å². The molecule has 4 nitrogen and oxygen atoms in total. The summed E-state index contributed by atoms with van der Waals surface area (Å²) in [5.74, 6) is -2.68. The van der Waals surface area contributed by atoms with Crippen LogP contribution in [0.3, 0.4) is 0 Å². The number of aromatic nitrogens is 1. The lowest BCUT2D eigenvalue weighted by atomic mass is 9.94. The summed E-state index contributed by atoms with van der Waals surface area (Å²) in [5.41, 5.74) is 3.25. The number of carbonyl (C=O) groups is 1. The van der Waals surface area contributed by atoms with Crippen LogP contribution in [0.5, 0.6) is 5.75 Å². The first-order valence-electron chi connectivity index (χ1n) is 8.39. The fourth-order valence-corrected chi connectivity index (χ4v) is 3.92. The van der Waals surface area contributed by atoms with Crippen molar-refractivity contribution in [3.63, 3.8) is 0 Å². The molecule has 0 spiro atoms. The first-order valence-corrected chi connectivity index (χ1v) is 9.18. The Morgan fingerprint density at radius 3 is 2.69 bits per heavy atom. The molecule has 7 heteroatoms. The third-order valence-corrected chi connectivity index (χ3v) is 5.02. The quantitative estimate of drug-likeness (QED) is 0.639. The highest BCUT2D eigenvalue weighted by atomic mass is 79.9. The maximum absolute atomic E-state index is 13.8. The number of rotatable bonds is 5. The average molecular weight is 428 g/mol. The zero-order valence-corrected chi connectivity index (χ0v) is 16.5. The number of aryl methyl sites for hydroxylation is 1. The summed E-state index contributed by atoms with van der Waals surface area (Å²) in [5, 5.41) is 0. The van der Waals surface area contributed by atoms with E-state index in [0.29, 0.717) is 35.7 Å². The third kappa shape index (κ3) is 3.49. The molecule has 26 heavy (non-hydrogen) atoms. The molecule has 0 bridgehead atoms. The van der Waals surface area contributed by atoms with Crippen LogP contribution < -0.4 is 4.74 Å². The largest absolute Gasteiger partial charge is 0.496 e. The number of methoxy groups -OCH3 is 1. The van der Waals surface area contributed by atoms with E-state index in [2.05, 4.69) is 15.9 Å². The zero-order chi connectivity index (χ0) is 19.1. The number of esters is 1. The maximum atomic E-state index is 13.8. The van der Waals surface area contributed by atoms with Gasteiger partial charge in [0, 0.05) is 18.5 Å². The number of ether oxygens (including phenoxy) is 2. The molecular formula is C19H20BrF2NO3. The van der Waals surface area contributed by atoms with Crippen molar-refractivity contribution in [2.75, 3.05) is 13.7 Å². The molecule has 2 aromatic rings. The van der Waals surface area contributed by atoms with E-state index in [-0.39, 0.29) is 6.61 Å². The van der Waals surface area contributed by atoms with Gasteiger partial charge in [-0.15, -0.1) is 0 Å². The molecule has 0 atom stereocenters. The lowest BCUT2D eigenvalue weighted by Gasteiger charge is -2.24. The Morgan fingerprint density at radius 2 is 2.08 bits per heavy atom. The van der Waals surface area contributed by atoms with Gasteiger partial charge in [-0.2, -0.15) is 0 Å². The van der Waals surface area contributed by atoms with Crippen molar-refractivity contribution in [3.8, 4) is 17.0 Å². The van der Waals surface area contributed by atoms with Crippen molar-refractivity contribution in [1.82, 2.24) is 4.57 Å². The van der Waals surface area contributed by atoms with Gasteiger partial charge in [0.15, 0.2) is 0 Å². The number of carbonyl (C=O) groups excluding carboxylic acids is 1. The van der Waals surface area contributed by atoms with Crippen molar-refractivity contribution in [3.05, 3.63) is 39.5 Å². The van der Waals surface area contributed by atoms with E-state index in [9.17, 15) is 13.6 Å². The molecule has 3 rings (SSSR count). The summed E-state index contributed by atoms with van der Waals surface area (Å²) in [7, 11) is 1.58. The molecule has 0 fully saturated rings. The molecule has 0 N–H and O–H groups in total. The van der Waals surface area contributed by atoms with Crippen molar-refractivity contribution in [1.29, 1.82) is 0 Å². The number of alkyl halides is 2. The number of fused-ring (bicyclic) bond motifs is 3. The van der Waals surface area contributed by atoms with Gasteiger partial charge in [0.25, 0.3) is 0 Å². The minimum absolute atomic E-state index is 0.234. The van der Waals surface area contributed by atoms with E-state index in [0.717, 1.165) is 22.5 Å². The van der Waals surface area contributed by atoms with Crippen molar-refractivity contribution >= 4 is 21.9 Å². The highest BCUT2D eigenvalue weighted by Crippen LogP contribution is 2.41. The molecule has 1 aliphatic heterocycles. The van der Waals surface area contributed by atoms with Crippen LogP contribution in [0.1, 0.15) is 35.5 Å². The van der Waals surface area contributed by atoms with Gasteiger partial charge in [0.1, 0.15) is 11.4 Å². The summed E-state index contributed by atoms with van der Waals surface area (Å²) in [6, 6.07) is 5.32. The predicted octanol–water partition coefficient (Wildman–Crippen LogP) is 4.86. The molecule has 0 aliphatic carbocycles. The van der Waals surface area contributed by atoms with Crippen molar-refractivity contribution in [2.45, 2.75) is 39.2 Å². The molecule has 0 radical (unpaired) electrons. The van der Waals surface area contributed by atoms with Gasteiger partial charge in [-0.25, -0.2) is 13.6 Å². The fourth-order valence-electron chi connectivity index (χ4n) is 3.41. The van der Waals surface area contributed by atoms with Crippen LogP contribution in [0, 0.1) is 0 Å². The van der Waals surface area contributed by atoms with Crippen molar-refractivity contribution < 1.29 is 23.0 Å². The van der Waals surface area contributed by atoms with E-state index in [4.69, 9.17) is 9.47 Å². The predicted molar refractivity (Wildman–Crippen MR) is 98.1 cm³/mol. The SMILES string of the molecule is CCOC(=O)c1cc(CC(C)(F)F)c2n1CCc1cc(OC)c(Br)cc1-2. The Bertz CT molecular complexity index is 855. The van der Waals surface area contributed by atoms with Gasteiger partial charge in [0.2, 0.25) is 5.92 Å². The molecular weight excluding hydrogens is 408 g/mol. The van der Waals surface area contributed by atoms with Crippen LogP contribution in [-0.4, -0.2) is 30.2 Å². The second kappa shape index (κ2) is 7.02. The number of nitrogens with zero attached hydrogens (tertiary/aromatic N) is 1. The van der Waals surface area contributed by atoms with Gasteiger partial charge < -0.3 is 14.0 Å². The number of hydrogen-bond donors (Lipinski definition) is 0. The average Bonchev–Trinajstić information content (AvgIpc) is 2.91. The van der Waals surface area contributed by atoms with Crippen LogP contribution in [0.4, 0.5) is 8.78 Å². The molecule has 1 aromatic carbocycles. The first-order chi connectivity index (χ1) is 12.2. The van der Waals surface area contributed by atoms with Crippen LogP contribution >= 0.6 is 15.9 Å². The normalized spacial score (nSPS) is 13.2. The van der Waals surface area contributed by atoms with Gasteiger partial charge in [-0.3, -0.25) is 0 Å². The molecule has 140 valence electrons. The summed E-state index contributed by atoms with van der Waals surface area (Å²) in [4.78, 5) is 12.3. The minimum atomic E-state index is -2.88. The van der Waals surface area contributed by atoms with Crippen LogP contribution in [0.25, 0.3) is 11.3 Å². The van der Waals surface area contributed by atoms with Crippen LogP contribution in [0.15, 0.2) is 22.7 Å². The van der Waals surface area contributed by atoms with Crippen LogP contribution in [0.2, 0.25) is 0 Å². The first kappa shape index (κ1) is 18.9. The second-order valence-electron chi connectivity index (χ2n) is 6.42. The standard InChI is InChI=1S/C19H20BrF2NO3/c1-4-26-18(24)15-7-12(10-19(2,21)22)17-13-9-14(20)16(25-3)8-11(13)5-6-23(15)17/h7-9H,4-6,10H2,1-3H3. The highest BCUT2D eigenvalue weighted by molar-refractivity contribution is 9.10. The second-order valence-corrected chi connectivity index (χ2v) is 7.27. The summed E-state index contributed by atoms with van der Waals surface area (Å²) >= 11 is 3.46. The van der Waals surface area contributed by atoms with E-state index >= 15 is 0 Å². The third-order valence-electron chi connectivity index (χ3n) is 4.40.